The molecule has 35 heavy (non-hydrogen) atoms. The molecular formula is C27H20N4O2S2. The lowest BCUT2D eigenvalue weighted by molar-refractivity contribution is 0.102. The molecule has 0 spiro atoms. The van der Waals surface area contributed by atoms with Gasteiger partial charge in [-0.3, -0.25) is 4.79 Å². The van der Waals surface area contributed by atoms with Crippen molar-refractivity contribution in [1.29, 1.82) is 5.26 Å². The van der Waals surface area contributed by atoms with Gasteiger partial charge in [0.05, 0.1) is 27.1 Å². The van der Waals surface area contributed by atoms with Crippen LogP contribution in [0.3, 0.4) is 0 Å². The van der Waals surface area contributed by atoms with Crippen molar-refractivity contribution in [2.24, 2.45) is 0 Å². The Morgan fingerprint density at radius 2 is 1.94 bits per heavy atom. The molecule has 1 aromatic carbocycles. The summed E-state index contributed by atoms with van der Waals surface area (Å²) in [6, 6.07) is 17.7. The second kappa shape index (κ2) is 9.10. The van der Waals surface area contributed by atoms with Crippen LogP contribution in [0.4, 0.5) is 5.00 Å². The van der Waals surface area contributed by atoms with Gasteiger partial charge in [-0.05, 0) is 48.8 Å². The molecule has 0 saturated heterocycles. The fourth-order valence-corrected chi connectivity index (χ4v) is 6.51. The van der Waals surface area contributed by atoms with E-state index in [4.69, 9.17) is 4.52 Å². The summed E-state index contributed by atoms with van der Waals surface area (Å²) in [6.45, 7) is 0. The van der Waals surface area contributed by atoms with Gasteiger partial charge >= 0.3 is 0 Å². The van der Waals surface area contributed by atoms with Crippen LogP contribution in [0.15, 0.2) is 58.4 Å². The fraction of sp³-hybridized carbons (Fsp3) is 0.185. The maximum atomic E-state index is 13.8. The third-order valence-corrected chi connectivity index (χ3v) is 8.37. The predicted molar refractivity (Wildman–Crippen MR) is 139 cm³/mol. The number of fused-ring (bicyclic) bond motifs is 2. The number of thiophene rings is 2. The zero-order valence-electron chi connectivity index (χ0n) is 18.7. The van der Waals surface area contributed by atoms with Crippen LogP contribution >= 0.6 is 22.7 Å². The summed E-state index contributed by atoms with van der Waals surface area (Å²) in [7, 11) is 0. The number of pyridine rings is 1. The molecule has 5 aromatic rings. The highest BCUT2D eigenvalue weighted by Crippen LogP contribution is 2.38. The van der Waals surface area contributed by atoms with Gasteiger partial charge in [0, 0.05) is 10.4 Å². The Balaban J connectivity index is 1.48. The fourth-order valence-electron chi connectivity index (χ4n) is 4.59. The summed E-state index contributed by atoms with van der Waals surface area (Å²) in [5.74, 6) is -0.302. The van der Waals surface area contributed by atoms with E-state index >= 15 is 0 Å². The van der Waals surface area contributed by atoms with Gasteiger partial charge in [-0.1, -0.05) is 48.0 Å². The molecule has 172 valence electrons. The zero-order valence-corrected chi connectivity index (χ0v) is 20.3. The highest BCUT2D eigenvalue weighted by Gasteiger charge is 2.25. The monoisotopic (exact) mass is 496 g/mol. The second-order valence-electron chi connectivity index (χ2n) is 8.44. The number of nitrogens with one attached hydrogen (secondary N) is 1. The van der Waals surface area contributed by atoms with E-state index in [0.717, 1.165) is 41.7 Å². The SMILES string of the molecule is N#Cc1c(NC(=O)c2cc(-c3cccs3)nc3onc(-c4ccccc4)c23)sc2c1CCCCC2. The summed E-state index contributed by atoms with van der Waals surface area (Å²) in [5, 5.41) is 20.4. The van der Waals surface area contributed by atoms with Gasteiger partial charge in [0.25, 0.3) is 11.6 Å². The van der Waals surface area contributed by atoms with Gasteiger partial charge in [-0.15, -0.1) is 22.7 Å². The van der Waals surface area contributed by atoms with E-state index in [1.165, 1.54) is 22.6 Å². The van der Waals surface area contributed by atoms with Gasteiger partial charge in [0.15, 0.2) is 0 Å². The van der Waals surface area contributed by atoms with Crippen molar-refractivity contribution in [3.05, 3.63) is 75.5 Å². The Morgan fingerprint density at radius 1 is 1.09 bits per heavy atom. The number of carbonyl (C=O) groups is 1. The number of hydrogen-bond donors (Lipinski definition) is 1. The molecule has 0 bridgehead atoms. The molecule has 1 N–H and O–H groups in total. The quantitative estimate of drug-likeness (QED) is 0.269. The van der Waals surface area contributed by atoms with E-state index in [-0.39, 0.29) is 5.91 Å². The number of nitriles is 1. The Hall–Kier alpha value is -3.80. The summed E-state index contributed by atoms with van der Waals surface area (Å²) in [4.78, 5) is 20.6. The van der Waals surface area contributed by atoms with Crippen molar-refractivity contribution in [3.8, 4) is 27.9 Å². The van der Waals surface area contributed by atoms with Crippen molar-refractivity contribution < 1.29 is 9.32 Å². The van der Waals surface area contributed by atoms with Gasteiger partial charge in [-0.25, -0.2) is 4.98 Å². The number of carbonyl (C=O) groups excluding carboxylic acids is 1. The Kier molecular flexibility index (Phi) is 5.64. The smallest absolute Gasteiger partial charge is 0.259 e. The van der Waals surface area contributed by atoms with Gasteiger partial charge in [0.2, 0.25) is 0 Å². The first-order valence-electron chi connectivity index (χ1n) is 11.5. The standard InChI is InChI=1S/C27H20N4O2S2/c28-15-19-17-10-5-2-6-11-21(17)35-27(19)30-25(32)18-14-20(22-12-7-13-34-22)29-26-23(18)24(31-33-26)16-8-3-1-4-9-16/h1,3-4,7-9,12-14H,2,5-6,10-11H2,(H,30,32). The van der Waals surface area contributed by atoms with Crippen LogP contribution in [-0.2, 0) is 12.8 Å². The van der Waals surface area contributed by atoms with Crippen LogP contribution in [0.2, 0.25) is 0 Å². The molecule has 0 saturated carbocycles. The maximum absolute atomic E-state index is 13.8. The van der Waals surface area contributed by atoms with Crippen molar-refractivity contribution in [2.45, 2.75) is 32.1 Å². The lowest BCUT2D eigenvalue weighted by Gasteiger charge is -2.08. The number of benzene rings is 1. The number of hydrogen-bond acceptors (Lipinski definition) is 7. The first-order valence-corrected chi connectivity index (χ1v) is 13.2. The number of nitrogens with zero attached hydrogens (tertiary/aromatic N) is 3. The molecule has 0 radical (unpaired) electrons. The predicted octanol–water partition coefficient (Wildman–Crippen LogP) is 7.07. The van der Waals surface area contributed by atoms with E-state index in [1.807, 2.05) is 47.8 Å². The molecule has 0 atom stereocenters. The third kappa shape index (κ3) is 3.93. The normalized spacial score (nSPS) is 13.2. The first kappa shape index (κ1) is 21.7. The van der Waals surface area contributed by atoms with Crippen molar-refractivity contribution in [1.82, 2.24) is 10.1 Å². The van der Waals surface area contributed by atoms with Crippen LogP contribution < -0.4 is 5.32 Å². The lowest BCUT2D eigenvalue weighted by atomic mass is 10.0. The van der Waals surface area contributed by atoms with Crippen molar-refractivity contribution in [3.63, 3.8) is 0 Å². The minimum atomic E-state index is -0.302. The highest BCUT2D eigenvalue weighted by molar-refractivity contribution is 7.16. The van der Waals surface area contributed by atoms with Gasteiger partial charge < -0.3 is 9.84 Å². The summed E-state index contributed by atoms with van der Waals surface area (Å²) in [5.41, 5.74) is 4.48. The molecule has 1 aliphatic carbocycles. The number of rotatable bonds is 4. The minimum absolute atomic E-state index is 0.302. The molecular weight excluding hydrogens is 476 g/mol. The molecule has 6 nitrogen and oxygen atoms in total. The number of aryl methyl sites for hydroxylation is 1. The van der Waals surface area contributed by atoms with Crippen LogP contribution in [0.5, 0.6) is 0 Å². The Bertz CT molecular complexity index is 1580. The molecule has 4 heterocycles. The second-order valence-corrected chi connectivity index (χ2v) is 10.5. The molecule has 4 aromatic heterocycles. The summed E-state index contributed by atoms with van der Waals surface area (Å²) in [6.07, 6.45) is 5.20. The minimum Gasteiger partial charge on any atom is -0.335 e. The molecule has 6 rings (SSSR count). The van der Waals surface area contributed by atoms with E-state index < -0.39 is 0 Å². The average Bonchev–Trinajstić information content (AvgIpc) is 3.60. The number of aromatic nitrogens is 2. The summed E-state index contributed by atoms with van der Waals surface area (Å²) < 4.78 is 5.62. The molecule has 1 aliphatic rings. The maximum Gasteiger partial charge on any atom is 0.259 e. The summed E-state index contributed by atoms with van der Waals surface area (Å²) >= 11 is 3.07. The highest BCUT2D eigenvalue weighted by atomic mass is 32.1. The van der Waals surface area contributed by atoms with E-state index in [9.17, 15) is 10.1 Å². The Morgan fingerprint density at radius 3 is 2.74 bits per heavy atom. The van der Waals surface area contributed by atoms with Gasteiger partial charge in [0.1, 0.15) is 16.8 Å². The Labute approximate surface area is 209 Å². The number of amides is 1. The molecule has 0 unspecified atom stereocenters. The lowest BCUT2D eigenvalue weighted by Crippen LogP contribution is -2.13. The molecule has 0 fully saturated rings. The average molecular weight is 497 g/mol. The topological polar surface area (TPSA) is 91.8 Å². The largest absolute Gasteiger partial charge is 0.335 e. The van der Waals surface area contributed by atoms with Crippen molar-refractivity contribution in [2.75, 3.05) is 5.32 Å². The van der Waals surface area contributed by atoms with E-state index in [0.29, 0.717) is 38.6 Å². The first-order chi connectivity index (χ1) is 17.2. The van der Waals surface area contributed by atoms with Crippen LogP contribution in [0.25, 0.3) is 32.9 Å². The van der Waals surface area contributed by atoms with Crippen LogP contribution in [-0.4, -0.2) is 16.0 Å². The molecule has 0 aliphatic heterocycles. The molecule has 8 heteroatoms. The van der Waals surface area contributed by atoms with Crippen LogP contribution in [0.1, 0.15) is 45.6 Å². The van der Waals surface area contributed by atoms with Gasteiger partial charge in [-0.2, -0.15) is 5.26 Å². The zero-order chi connectivity index (χ0) is 23.8. The van der Waals surface area contributed by atoms with E-state index in [2.05, 4.69) is 21.5 Å². The van der Waals surface area contributed by atoms with Crippen molar-refractivity contribution >= 4 is 44.7 Å². The molecule has 1 amide bonds. The number of anilines is 1. The van der Waals surface area contributed by atoms with Crippen LogP contribution in [0, 0.1) is 11.3 Å². The third-order valence-electron chi connectivity index (χ3n) is 6.27. The van der Waals surface area contributed by atoms with E-state index in [1.54, 1.807) is 17.4 Å².